The van der Waals surface area contributed by atoms with E-state index in [9.17, 15) is 0 Å². The zero-order valence-electron chi connectivity index (χ0n) is 23.3. The number of allylic oxidation sites excluding steroid dienone is 1. The molecule has 3 nitrogen and oxygen atoms in total. The molecular formula is C35H43N3. The van der Waals surface area contributed by atoms with Gasteiger partial charge in [0.25, 0.3) is 0 Å². The van der Waals surface area contributed by atoms with Gasteiger partial charge < -0.3 is 5.73 Å². The molecule has 1 aliphatic heterocycles. The second kappa shape index (κ2) is 10.3. The summed E-state index contributed by atoms with van der Waals surface area (Å²) >= 11 is 0. The van der Waals surface area contributed by atoms with Crippen molar-refractivity contribution in [2.75, 3.05) is 13.6 Å². The third-order valence-electron chi connectivity index (χ3n) is 9.42. The van der Waals surface area contributed by atoms with Crippen molar-refractivity contribution in [1.82, 2.24) is 4.90 Å². The molecule has 0 amide bonds. The van der Waals surface area contributed by atoms with Crippen LogP contribution in [0.5, 0.6) is 0 Å². The normalized spacial score (nSPS) is 24.3. The first-order valence-corrected chi connectivity index (χ1v) is 14.8. The summed E-state index contributed by atoms with van der Waals surface area (Å²) in [6, 6.07) is 19.1. The molecule has 3 atom stereocenters. The Balaban J connectivity index is 1.32. The van der Waals surface area contributed by atoms with E-state index >= 15 is 0 Å². The molecule has 1 heterocycles. The Hall–Kier alpha value is -2.91. The van der Waals surface area contributed by atoms with Crippen molar-refractivity contribution in [2.45, 2.75) is 76.7 Å². The smallest absolute Gasteiger partial charge is 0.122 e. The van der Waals surface area contributed by atoms with Crippen molar-refractivity contribution < 1.29 is 0 Å². The largest absolute Gasteiger partial charge is 0.384 e. The van der Waals surface area contributed by atoms with Gasteiger partial charge in [0.15, 0.2) is 0 Å². The Labute approximate surface area is 228 Å². The highest BCUT2D eigenvalue weighted by atomic mass is 15.1. The van der Waals surface area contributed by atoms with E-state index in [-0.39, 0.29) is 5.84 Å². The van der Waals surface area contributed by atoms with Crippen LogP contribution >= 0.6 is 0 Å². The topological polar surface area (TPSA) is 53.1 Å². The zero-order valence-corrected chi connectivity index (χ0v) is 23.3. The number of nitrogens with zero attached hydrogens (tertiary/aromatic N) is 1. The molecule has 2 fully saturated rings. The van der Waals surface area contributed by atoms with Crippen LogP contribution in [0.25, 0.3) is 16.8 Å². The lowest BCUT2D eigenvalue weighted by Gasteiger charge is -2.41. The Morgan fingerprint density at radius 3 is 2.53 bits per heavy atom. The molecule has 0 saturated heterocycles. The van der Waals surface area contributed by atoms with E-state index in [1.807, 2.05) is 6.07 Å². The third kappa shape index (κ3) is 4.94. The van der Waals surface area contributed by atoms with Crippen LogP contribution in [-0.2, 0) is 6.42 Å². The van der Waals surface area contributed by atoms with Crippen LogP contribution in [0.3, 0.4) is 0 Å². The Kier molecular flexibility index (Phi) is 6.90. The molecule has 3 heteroatoms. The molecule has 0 spiro atoms. The zero-order chi connectivity index (χ0) is 26.4. The summed E-state index contributed by atoms with van der Waals surface area (Å²) in [4.78, 5) is 2.65. The quantitative estimate of drug-likeness (QED) is 0.262. The highest BCUT2D eigenvalue weighted by Gasteiger charge is 2.41. The van der Waals surface area contributed by atoms with Gasteiger partial charge in [-0.05, 0) is 101 Å². The minimum absolute atomic E-state index is 0.126. The van der Waals surface area contributed by atoms with Gasteiger partial charge in [-0.2, -0.15) is 0 Å². The van der Waals surface area contributed by atoms with Crippen molar-refractivity contribution in [3.63, 3.8) is 0 Å². The number of amidine groups is 1. The number of nitrogen functional groups attached to an aromatic ring is 1. The second-order valence-corrected chi connectivity index (χ2v) is 12.5. The molecule has 3 N–H and O–H groups in total. The van der Waals surface area contributed by atoms with E-state index in [0.717, 1.165) is 11.5 Å². The summed E-state index contributed by atoms with van der Waals surface area (Å²) in [6.45, 7) is 5.62. The van der Waals surface area contributed by atoms with Gasteiger partial charge in [-0.1, -0.05) is 87.7 Å². The molecule has 0 radical (unpaired) electrons. The number of benzene rings is 3. The minimum Gasteiger partial charge on any atom is -0.384 e. The second-order valence-electron chi connectivity index (χ2n) is 12.5. The minimum atomic E-state index is 0.126. The van der Waals surface area contributed by atoms with Gasteiger partial charge in [-0.3, -0.25) is 10.3 Å². The number of hydrogen-bond acceptors (Lipinski definition) is 2. The van der Waals surface area contributed by atoms with Crippen LogP contribution in [0, 0.1) is 17.2 Å². The van der Waals surface area contributed by atoms with Crippen LogP contribution in [0.1, 0.15) is 104 Å². The Morgan fingerprint density at radius 2 is 1.76 bits per heavy atom. The first-order valence-electron chi connectivity index (χ1n) is 14.8. The van der Waals surface area contributed by atoms with Crippen molar-refractivity contribution >= 4 is 22.7 Å². The molecule has 0 bridgehead atoms. The number of nitrogens with one attached hydrogen (secondary N) is 1. The molecule has 3 aliphatic rings. The molecule has 3 aromatic rings. The van der Waals surface area contributed by atoms with Gasteiger partial charge in [0.1, 0.15) is 5.84 Å². The monoisotopic (exact) mass is 505 g/mol. The van der Waals surface area contributed by atoms with Crippen molar-refractivity contribution in [2.24, 2.45) is 17.6 Å². The lowest BCUT2D eigenvalue weighted by Crippen LogP contribution is -2.37. The third-order valence-corrected chi connectivity index (χ3v) is 9.42. The van der Waals surface area contributed by atoms with E-state index in [1.54, 1.807) is 11.1 Å². The van der Waals surface area contributed by atoms with E-state index < -0.39 is 0 Å². The number of rotatable bonds is 6. The van der Waals surface area contributed by atoms with E-state index in [2.05, 4.69) is 80.4 Å². The summed E-state index contributed by atoms with van der Waals surface area (Å²) in [5.74, 6) is 2.61. The van der Waals surface area contributed by atoms with Crippen LogP contribution in [0.2, 0.25) is 0 Å². The predicted octanol–water partition coefficient (Wildman–Crippen LogP) is 8.17. The predicted molar refractivity (Wildman–Crippen MR) is 161 cm³/mol. The Bertz CT molecular complexity index is 1380. The van der Waals surface area contributed by atoms with Crippen LogP contribution in [0.4, 0.5) is 0 Å². The molecule has 2 aliphatic carbocycles. The number of likely N-dealkylation sites (N-methyl/N-ethyl adjacent to an activating group) is 1. The SMILES string of the molecule is CC(C)C=Cc1cc(C2CC2c2ccc3c(c2)C(C2CCCCC2)N(C)CC3)cc2ccc(C(=N)N)cc12. The van der Waals surface area contributed by atoms with Crippen molar-refractivity contribution in [3.8, 4) is 0 Å². The van der Waals surface area contributed by atoms with E-state index in [1.165, 1.54) is 79.0 Å². The van der Waals surface area contributed by atoms with E-state index in [4.69, 9.17) is 11.1 Å². The van der Waals surface area contributed by atoms with Gasteiger partial charge in [0.05, 0.1) is 0 Å². The fourth-order valence-electron chi connectivity index (χ4n) is 7.24. The molecule has 38 heavy (non-hydrogen) atoms. The maximum Gasteiger partial charge on any atom is 0.122 e. The fraction of sp³-hybridized carbons (Fsp3) is 0.457. The van der Waals surface area contributed by atoms with Gasteiger partial charge in [0, 0.05) is 18.2 Å². The molecular weight excluding hydrogens is 462 g/mol. The number of hydrogen-bond donors (Lipinski definition) is 2. The molecule has 198 valence electrons. The van der Waals surface area contributed by atoms with Crippen LogP contribution in [-0.4, -0.2) is 24.3 Å². The first kappa shape index (κ1) is 25.4. The average Bonchev–Trinajstić information content (AvgIpc) is 3.72. The summed E-state index contributed by atoms with van der Waals surface area (Å²) in [5.41, 5.74) is 14.1. The maximum absolute atomic E-state index is 7.91. The number of nitrogens with two attached hydrogens (primary N) is 1. The Morgan fingerprint density at radius 1 is 0.974 bits per heavy atom. The van der Waals surface area contributed by atoms with Crippen LogP contribution in [0.15, 0.2) is 54.6 Å². The lowest BCUT2D eigenvalue weighted by molar-refractivity contribution is 0.134. The lowest BCUT2D eigenvalue weighted by atomic mass is 9.77. The molecule has 6 rings (SSSR count). The van der Waals surface area contributed by atoms with Gasteiger partial charge in [-0.25, -0.2) is 0 Å². The van der Waals surface area contributed by atoms with Gasteiger partial charge in [-0.15, -0.1) is 0 Å². The molecule has 3 unspecified atom stereocenters. The summed E-state index contributed by atoms with van der Waals surface area (Å²) in [6.07, 6.45) is 13.9. The van der Waals surface area contributed by atoms with Crippen LogP contribution < -0.4 is 5.73 Å². The first-order chi connectivity index (χ1) is 18.4. The molecule has 0 aromatic heterocycles. The highest BCUT2D eigenvalue weighted by Crippen LogP contribution is 2.56. The summed E-state index contributed by atoms with van der Waals surface area (Å²) in [5, 5.41) is 10.3. The van der Waals surface area contributed by atoms with Gasteiger partial charge >= 0.3 is 0 Å². The summed E-state index contributed by atoms with van der Waals surface area (Å²) in [7, 11) is 2.35. The fourth-order valence-corrected chi connectivity index (χ4v) is 7.24. The molecule has 2 saturated carbocycles. The van der Waals surface area contributed by atoms with Crippen molar-refractivity contribution in [3.05, 3.63) is 88.0 Å². The average molecular weight is 506 g/mol. The van der Waals surface area contributed by atoms with E-state index in [0.29, 0.717) is 23.8 Å². The van der Waals surface area contributed by atoms with Gasteiger partial charge in [0.2, 0.25) is 0 Å². The molecule has 3 aromatic carbocycles. The standard InChI is InChI=1S/C35H43N3/c1-22(2)9-10-25-17-29(18-26-13-14-28(35(36)37)20-30(25)26)32-21-31(32)27-12-11-23-15-16-38(3)34(33(23)19-27)24-7-5-4-6-8-24/h9-14,17-20,22,24,31-32,34H,4-8,15-16,21H2,1-3H3,(H3,36,37). The number of fused-ring (bicyclic) bond motifs is 2. The van der Waals surface area contributed by atoms with Crippen molar-refractivity contribution in [1.29, 1.82) is 5.41 Å². The maximum atomic E-state index is 7.91. The summed E-state index contributed by atoms with van der Waals surface area (Å²) < 4.78 is 0. The highest BCUT2D eigenvalue weighted by molar-refractivity contribution is 6.01.